The molecule has 0 radical (unpaired) electrons. The molecule has 2 fully saturated rings. The summed E-state index contributed by atoms with van der Waals surface area (Å²) in [5.74, 6) is 1.75. The van der Waals surface area contributed by atoms with E-state index in [0.29, 0.717) is 32.0 Å². The molecule has 0 atom stereocenters. The second-order valence-corrected chi connectivity index (χ2v) is 9.84. The molecule has 1 aliphatic carbocycles. The van der Waals surface area contributed by atoms with Crippen molar-refractivity contribution in [3.05, 3.63) is 58.4 Å². The molecule has 1 amide bonds. The van der Waals surface area contributed by atoms with E-state index in [-0.39, 0.29) is 5.91 Å². The fourth-order valence-electron chi connectivity index (χ4n) is 5.36. The van der Waals surface area contributed by atoms with E-state index in [2.05, 4.69) is 47.6 Å². The summed E-state index contributed by atoms with van der Waals surface area (Å²) < 4.78 is 7.94. The van der Waals surface area contributed by atoms with Gasteiger partial charge in [0.25, 0.3) is 5.91 Å². The van der Waals surface area contributed by atoms with Gasteiger partial charge in [-0.3, -0.25) is 4.79 Å². The lowest BCUT2D eigenvalue weighted by atomic mass is 10.00. The van der Waals surface area contributed by atoms with Crippen molar-refractivity contribution in [1.29, 1.82) is 0 Å². The van der Waals surface area contributed by atoms with Gasteiger partial charge in [0, 0.05) is 43.8 Å². The number of aromatic nitrogens is 2. The normalized spacial score (nSPS) is 18.6. The van der Waals surface area contributed by atoms with Gasteiger partial charge in [-0.1, -0.05) is 24.3 Å². The van der Waals surface area contributed by atoms with Crippen LogP contribution in [0.25, 0.3) is 10.9 Å². The number of rotatable bonds is 4. The lowest BCUT2D eigenvalue weighted by molar-refractivity contribution is 0.0299. The van der Waals surface area contributed by atoms with Crippen LogP contribution in [0.5, 0.6) is 0 Å². The van der Waals surface area contributed by atoms with Gasteiger partial charge in [-0.25, -0.2) is 4.98 Å². The van der Waals surface area contributed by atoms with Crippen molar-refractivity contribution in [2.75, 3.05) is 37.7 Å². The average Bonchev–Trinajstić information content (AvgIpc) is 3.66. The topological polar surface area (TPSA) is 50.6 Å². The molecule has 2 aromatic heterocycles. The molecule has 3 aliphatic rings. The van der Waals surface area contributed by atoms with Crippen LogP contribution in [0.15, 0.2) is 30.3 Å². The molecule has 6 heteroatoms. The number of carbonyl (C=O) groups excluding carboxylic acids is 1. The van der Waals surface area contributed by atoms with Gasteiger partial charge in [0.2, 0.25) is 0 Å². The zero-order valence-electron chi connectivity index (χ0n) is 19.6. The molecule has 0 spiro atoms. The Bertz CT molecular complexity index is 1220. The number of benzene rings is 1. The quantitative estimate of drug-likeness (QED) is 0.608. The number of aryl methyl sites for hydroxylation is 1. The van der Waals surface area contributed by atoms with E-state index in [1.807, 2.05) is 11.0 Å². The highest BCUT2D eigenvalue weighted by molar-refractivity contribution is 6.01. The van der Waals surface area contributed by atoms with Gasteiger partial charge in [-0.15, -0.1) is 0 Å². The maximum Gasteiger partial charge on any atom is 0.272 e. The summed E-state index contributed by atoms with van der Waals surface area (Å²) in [5.41, 5.74) is 7.11. The third-order valence-corrected chi connectivity index (χ3v) is 7.68. The van der Waals surface area contributed by atoms with Crippen molar-refractivity contribution in [3.63, 3.8) is 0 Å². The molecule has 3 aromatic rings. The fourth-order valence-corrected chi connectivity index (χ4v) is 5.36. The molecule has 1 saturated heterocycles. The Balaban J connectivity index is 1.49. The molecule has 33 heavy (non-hydrogen) atoms. The zero-order chi connectivity index (χ0) is 22.5. The van der Waals surface area contributed by atoms with Gasteiger partial charge in [0.05, 0.1) is 18.7 Å². The number of anilines is 1. The third kappa shape index (κ3) is 3.70. The first kappa shape index (κ1) is 20.7. The lowest BCUT2D eigenvalue weighted by Gasteiger charge is -2.31. The number of ether oxygens (including phenoxy) is 1. The SMILES string of the molecule is Cc1c(C)n(CC2CC2)c2c(N3CCc4ccccc4C3)nc(C(=O)N3CCOCC3)cc12. The van der Waals surface area contributed by atoms with Crippen molar-refractivity contribution in [3.8, 4) is 0 Å². The highest BCUT2D eigenvalue weighted by Gasteiger charge is 2.29. The van der Waals surface area contributed by atoms with E-state index in [0.717, 1.165) is 37.8 Å². The lowest BCUT2D eigenvalue weighted by Crippen LogP contribution is -2.41. The molecule has 1 aromatic carbocycles. The Hall–Kier alpha value is -2.86. The zero-order valence-corrected chi connectivity index (χ0v) is 19.6. The van der Waals surface area contributed by atoms with Crippen LogP contribution in [-0.4, -0.2) is 53.2 Å². The smallest absolute Gasteiger partial charge is 0.272 e. The molecule has 0 unspecified atom stereocenters. The summed E-state index contributed by atoms with van der Waals surface area (Å²) in [6.45, 7) is 9.67. The molecule has 2 aliphatic heterocycles. The van der Waals surface area contributed by atoms with Gasteiger partial charge >= 0.3 is 0 Å². The predicted octanol–water partition coefficient (Wildman–Crippen LogP) is 4.10. The highest BCUT2D eigenvalue weighted by atomic mass is 16.5. The first-order valence-electron chi connectivity index (χ1n) is 12.3. The largest absolute Gasteiger partial charge is 0.378 e. The highest BCUT2D eigenvalue weighted by Crippen LogP contribution is 2.38. The number of hydrogen-bond acceptors (Lipinski definition) is 4. The van der Waals surface area contributed by atoms with Crippen LogP contribution in [0.2, 0.25) is 0 Å². The van der Waals surface area contributed by atoms with Crippen LogP contribution in [0.1, 0.15) is 45.7 Å². The fraction of sp³-hybridized carbons (Fsp3) is 0.481. The van der Waals surface area contributed by atoms with Crippen LogP contribution < -0.4 is 4.90 Å². The minimum Gasteiger partial charge on any atom is -0.378 e. The molecule has 6 rings (SSSR count). The van der Waals surface area contributed by atoms with Crippen molar-refractivity contribution in [2.45, 2.75) is 46.2 Å². The summed E-state index contributed by atoms with van der Waals surface area (Å²) in [6.07, 6.45) is 3.62. The van der Waals surface area contributed by atoms with Crippen molar-refractivity contribution in [1.82, 2.24) is 14.5 Å². The Morgan fingerprint density at radius 3 is 2.61 bits per heavy atom. The number of hydrogen-bond donors (Lipinski definition) is 0. The van der Waals surface area contributed by atoms with Crippen LogP contribution in [0, 0.1) is 19.8 Å². The molecule has 0 N–H and O–H groups in total. The predicted molar refractivity (Wildman–Crippen MR) is 130 cm³/mol. The van der Waals surface area contributed by atoms with E-state index >= 15 is 0 Å². The van der Waals surface area contributed by atoms with Gasteiger partial charge < -0.3 is 19.1 Å². The second kappa shape index (κ2) is 8.17. The van der Waals surface area contributed by atoms with Gasteiger partial charge in [0.1, 0.15) is 5.69 Å². The monoisotopic (exact) mass is 444 g/mol. The molecular formula is C27H32N4O2. The Morgan fingerprint density at radius 2 is 1.85 bits per heavy atom. The number of nitrogens with zero attached hydrogens (tertiary/aromatic N) is 4. The summed E-state index contributed by atoms with van der Waals surface area (Å²) in [6, 6.07) is 10.7. The summed E-state index contributed by atoms with van der Waals surface area (Å²) in [7, 11) is 0. The van der Waals surface area contributed by atoms with Crippen molar-refractivity contribution in [2.24, 2.45) is 5.92 Å². The number of carbonyl (C=O) groups is 1. The standard InChI is InChI=1S/C27H32N4O2/c1-18-19(2)31(16-20-7-8-20)25-23(18)15-24(27(32)29-11-13-33-14-12-29)28-26(25)30-10-9-21-5-3-4-6-22(21)17-30/h3-6,15,20H,7-14,16-17H2,1-2H3. The molecular weight excluding hydrogens is 412 g/mol. The van der Waals surface area contributed by atoms with E-state index in [1.54, 1.807) is 0 Å². The average molecular weight is 445 g/mol. The molecule has 4 heterocycles. The molecule has 6 nitrogen and oxygen atoms in total. The molecule has 0 bridgehead atoms. The van der Waals surface area contributed by atoms with Crippen LogP contribution in [0.4, 0.5) is 5.82 Å². The summed E-state index contributed by atoms with van der Waals surface area (Å²) in [5, 5.41) is 1.17. The summed E-state index contributed by atoms with van der Waals surface area (Å²) in [4.78, 5) is 22.8. The van der Waals surface area contributed by atoms with Gasteiger partial charge in [0.15, 0.2) is 5.82 Å². The van der Waals surface area contributed by atoms with Crippen molar-refractivity contribution >= 4 is 22.6 Å². The van der Waals surface area contributed by atoms with Crippen LogP contribution >= 0.6 is 0 Å². The minimum absolute atomic E-state index is 0.0193. The van der Waals surface area contributed by atoms with E-state index in [9.17, 15) is 4.79 Å². The number of morpholine rings is 1. The van der Waals surface area contributed by atoms with E-state index in [4.69, 9.17) is 9.72 Å². The number of amides is 1. The minimum atomic E-state index is 0.0193. The van der Waals surface area contributed by atoms with Crippen molar-refractivity contribution < 1.29 is 9.53 Å². The maximum absolute atomic E-state index is 13.5. The molecule has 172 valence electrons. The molecule has 1 saturated carbocycles. The maximum atomic E-state index is 13.5. The third-order valence-electron chi connectivity index (χ3n) is 7.68. The first-order chi connectivity index (χ1) is 16.1. The van der Waals surface area contributed by atoms with Crippen LogP contribution in [0.3, 0.4) is 0 Å². The Kier molecular flexibility index (Phi) is 5.13. The Labute approximate surface area is 195 Å². The number of pyridine rings is 1. The van der Waals surface area contributed by atoms with Gasteiger partial charge in [-0.05, 0) is 61.8 Å². The summed E-state index contributed by atoms with van der Waals surface area (Å²) >= 11 is 0. The van der Waals surface area contributed by atoms with E-state index in [1.165, 1.54) is 46.1 Å². The van der Waals surface area contributed by atoms with Crippen LogP contribution in [-0.2, 0) is 24.2 Å². The van der Waals surface area contributed by atoms with Gasteiger partial charge in [-0.2, -0.15) is 0 Å². The Morgan fingerprint density at radius 1 is 1.09 bits per heavy atom. The first-order valence-corrected chi connectivity index (χ1v) is 12.3. The number of fused-ring (bicyclic) bond motifs is 2. The van der Waals surface area contributed by atoms with E-state index < -0.39 is 0 Å². The second-order valence-electron chi connectivity index (χ2n) is 9.84.